The molecule has 0 fully saturated rings. The first-order valence-corrected chi connectivity index (χ1v) is 9.66. The molecular weight excluding hydrogens is 509 g/mol. The van der Waals surface area contributed by atoms with Gasteiger partial charge in [-0.3, -0.25) is 15.1 Å². The Morgan fingerprint density at radius 1 is 1.06 bits per heavy atom. The van der Waals surface area contributed by atoms with Gasteiger partial charge in [-0.25, -0.2) is 4.57 Å². The highest BCUT2D eigenvalue weighted by Gasteiger charge is 2.08. The van der Waals surface area contributed by atoms with Crippen LogP contribution in [0.15, 0.2) is 72.0 Å². The Morgan fingerprint density at radius 3 is 2.48 bits per heavy atom. The van der Waals surface area contributed by atoms with E-state index in [0.717, 1.165) is 11.1 Å². The number of aliphatic imine (C=N–C) groups is 1. The van der Waals surface area contributed by atoms with Crippen molar-refractivity contribution in [2.75, 3.05) is 6.61 Å². The fourth-order valence-corrected chi connectivity index (χ4v) is 2.93. The third-order valence-corrected chi connectivity index (χ3v) is 4.86. The zero-order valence-corrected chi connectivity index (χ0v) is 19.3. The molecule has 31 heavy (non-hydrogen) atoms. The van der Waals surface area contributed by atoms with Gasteiger partial charge in [-0.15, -0.1) is 17.0 Å². The van der Waals surface area contributed by atoms with E-state index in [-0.39, 0.29) is 35.8 Å². The van der Waals surface area contributed by atoms with Crippen molar-refractivity contribution in [1.82, 2.24) is 0 Å². The molecule has 0 saturated heterocycles. The maximum atomic E-state index is 12.0. The Balaban J connectivity index is 0.00000341. The first-order valence-electron chi connectivity index (χ1n) is 8.90. The van der Waals surface area contributed by atoms with E-state index in [0.29, 0.717) is 22.3 Å². The SMILES string of the molecule is Br.O=[N+]([O-])c1ccc(C[n+]2cccc(CN=C([O-])COc3ccc(Cl)c(Cl)c3)c2)cc1. The largest absolute Gasteiger partial charge is 0.860 e. The topological polar surface area (TPSA) is 91.7 Å². The van der Waals surface area contributed by atoms with E-state index >= 15 is 0 Å². The Bertz CT molecular complexity index is 1080. The molecule has 1 aromatic heterocycles. The summed E-state index contributed by atoms with van der Waals surface area (Å²) in [5.74, 6) is 0.0421. The normalized spacial score (nSPS) is 11.0. The molecule has 10 heteroatoms. The molecule has 3 aromatic rings. The van der Waals surface area contributed by atoms with Gasteiger partial charge >= 0.3 is 0 Å². The quantitative estimate of drug-likeness (QED) is 0.145. The number of non-ortho nitro benzene ring substituents is 1. The molecule has 0 radical (unpaired) electrons. The molecule has 1 heterocycles. The lowest BCUT2D eigenvalue weighted by Gasteiger charge is -2.12. The molecule has 7 nitrogen and oxygen atoms in total. The van der Waals surface area contributed by atoms with Crippen LogP contribution in [0, 0.1) is 10.1 Å². The maximum absolute atomic E-state index is 12.0. The maximum Gasteiger partial charge on any atom is 0.269 e. The Kier molecular flexibility index (Phi) is 9.23. The third-order valence-electron chi connectivity index (χ3n) is 4.12. The molecule has 0 unspecified atom stereocenters. The smallest absolute Gasteiger partial charge is 0.269 e. The van der Waals surface area contributed by atoms with Crippen LogP contribution < -0.4 is 14.4 Å². The van der Waals surface area contributed by atoms with Gasteiger partial charge in [0.1, 0.15) is 12.4 Å². The Hall–Kier alpha value is -2.68. The van der Waals surface area contributed by atoms with E-state index in [9.17, 15) is 15.2 Å². The van der Waals surface area contributed by atoms with Crippen LogP contribution in [0.3, 0.4) is 0 Å². The minimum absolute atomic E-state index is 0. The lowest BCUT2D eigenvalue weighted by Crippen LogP contribution is -2.33. The number of pyridine rings is 1. The first-order chi connectivity index (χ1) is 14.4. The Labute approximate surface area is 199 Å². The van der Waals surface area contributed by atoms with Gasteiger partial charge in [-0.1, -0.05) is 23.2 Å². The molecule has 0 N–H and O–H groups in total. The van der Waals surface area contributed by atoms with Gasteiger partial charge in [0.05, 0.1) is 21.5 Å². The van der Waals surface area contributed by atoms with Crippen molar-refractivity contribution in [1.29, 1.82) is 0 Å². The highest BCUT2D eigenvalue weighted by Crippen LogP contribution is 2.26. The van der Waals surface area contributed by atoms with Crippen LogP contribution in [-0.4, -0.2) is 17.4 Å². The second-order valence-corrected chi connectivity index (χ2v) is 7.20. The van der Waals surface area contributed by atoms with Crippen molar-refractivity contribution in [2.24, 2.45) is 4.99 Å². The highest BCUT2D eigenvalue weighted by atomic mass is 79.9. The number of hydrogen-bond acceptors (Lipinski definition) is 5. The number of nitro groups is 1. The van der Waals surface area contributed by atoms with Crippen LogP contribution >= 0.6 is 40.2 Å². The van der Waals surface area contributed by atoms with Gasteiger partial charge in [-0.05, 0) is 36.2 Å². The molecule has 0 spiro atoms. The molecule has 162 valence electrons. The number of nitro benzene ring substituents is 1. The van der Waals surface area contributed by atoms with Gasteiger partial charge in [0.2, 0.25) is 0 Å². The second-order valence-electron chi connectivity index (χ2n) is 6.38. The van der Waals surface area contributed by atoms with Crippen molar-refractivity contribution in [3.8, 4) is 5.75 Å². The van der Waals surface area contributed by atoms with E-state index in [2.05, 4.69) is 4.99 Å². The van der Waals surface area contributed by atoms with Gasteiger partial charge in [0.15, 0.2) is 18.9 Å². The molecule has 0 bridgehead atoms. The monoisotopic (exact) mass is 525 g/mol. The summed E-state index contributed by atoms with van der Waals surface area (Å²) >= 11 is 11.8. The fourth-order valence-electron chi connectivity index (χ4n) is 2.64. The van der Waals surface area contributed by atoms with Crippen molar-refractivity contribution < 1.29 is 19.3 Å². The van der Waals surface area contributed by atoms with Crippen molar-refractivity contribution in [3.05, 3.63) is 98.3 Å². The summed E-state index contributed by atoms with van der Waals surface area (Å²) in [5.41, 5.74) is 1.82. The molecule has 0 aliphatic carbocycles. The average Bonchev–Trinajstić information content (AvgIpc) is 2.74. The van der Waals surface area contributed by atoms with Crippen molar-refractivity contribution in [3.63, 3.8) is 0 Å². The van der Waals surface area contributed by atoms with E-state index in [1.807, 2.05) is 29.1 Å². The molecule has 3 rings (SSSR count). The number of nitrogens with zero attached hydrogens (tertiary/aromatic N) is 3. The number of rotatable bonds is 8. The van der Waals surface area contributed by atoms with Crippen molar-refractivity contribution in [2.45, 2.75) is 13.1 Å². The lowest BCUT2D eigenvalue weighted by atomic mass is 10.2. The Morgan fingerprint density at radius 2 is 1.81 bits per heavy atom. The fraction of sp³-hybridized carbons (Fsp3) is 0.143. The van der Waals surface area contributed by atoms with Crippen LogP contribution in [0.4, 0.5) is 5.69 Å². The molecule has 2 aromatic carbocycles. The van der Waals surface area contributed by atoms with Crippen LogP contribution in [0.1, 0.15) is 11.1 Å². The summed E-state index contributed by atoms with van der Waals surface area (Å²) in [4.78, 5) is 14.3. The zero-order valence-electron chi connectivity index (χ0n) is 16.1. The number of benzene rings is 2. The second kappa shape index (κ2) is 11.6. The molecule has 0 atom stereocenters. The summed E-state index contributed by atoms with van der Waals surface area (Å²) in [7, 11) is 0. The summed E-state index contributed by atoms with van der Waals surface area (Å²) in [5, 5.41) is 23.5. The summed E-state index contributed by atoms with van der Waals surface area (Å²) in [6, 6.07) is 14.8. The number of ether oxygens (including phenoxy) is 1. The van der Waals surface area contributed by atoms with Crippen LogP contribution in [0.25, 0.3) is 0 Å². The first kappa shape index (κ1) is 24.6. The van der Waals surface area contributed by atoms with Gasteiger partial charge < -0.3 is 9.84 Å². The van der Waals surface area contributed by atoms with Crippen molar-refractivity contribution >= 4 is 51.8 Å². The molecule has 0 amide bonds. The van der Waals surface area contributed by atoms with Crippen LogP contribution in [0.2, 0.25) is 10.0 Å². The third kappa shape index (κ3) is 7.50. The standard InChI is InChI=1S/C21H17Cl2N3O4.BrH/c22-19-8-7-18(10-20(19)23)30-14-21(27)24-11-16-2-1-9-25(13-16)12-15-3-5-17(6-4-15)26(28)29;/h1-10,13H,11-12,14H2;1H. The van der Waals surface area contributed by atoms with E-state index in [1.54, 1.807) is 24.3 Å². The molecule has 0 aliphatic heterocycles. The number of hydrogen-bond donors (Lipinski definition) is 0. The van der Waals surface area contributed by atoms with Crippen LogP contribution in [-0.2, 0) is 13.1 Å². The molecule has 0 saturated carbocycles. The number of aromatic nitrogens is 1. The van der Waals surface area contributed by atoms with Gasteiger partial charge in [-0.2, -0.15) is 0 Å². The van der Waals surface area contributed by atoms with Gasteiger partial charge in [0, 0.05) is 35.4 Å². The summed E-state index contributed by atoms with van der Waals surface area (Å²) < 4.78 is 7.30. The highest BCUT2D eigenvalue weighted by molar-refractivity contribution is 8.93. The summed E-state index contributed by atoms with van der Waals surface area (Å²) in [6.07, 6.45) is 3.75. The molecule has 0 aliphatic rings. The summed E-state index contributed by atoms with van der Waals surface area (Å²) in [6.45, 7) is 0.554. The van der Waals surface area contributed by atoms with Gasteiger partial charge in [0.25, 0.3) is 5.69 Å². The average molecular weight is 527 g/mol. The number of halogens is 3. The van der Waals surface area contributed by atoms with E-state index in [1.165, 1.54) is 18.2 Å². The van der Waals surface area contributed by atoms with E-state index < -0.39 is 10.8 Å². The zero-order chi connectivity index (χ0) is 21.5. The minimum Gasteiger partial charge on any atom is -0.860 e. The predicted molar refractivity (Wildman–Crippen MR) is 122 cm³/mol. The van der Waals surface area contributed by atoms with Crippen LogP contribution in [0.5, 0.6) is 5.75 Å². The molecular formula is C21H18BrCl2N3O4. The predicted octanol–water partition coefficient (Wildman–Crippen LogP) is 4.15. The lowest BCUT2D eigenvalue weighted by molar-refractivity contribution is -0.688. The van der Waals surface area contributed by atoms with E-state index in [4.69, 9.17) is 27.9 Å². The minimum atomic E-state index is -0.429.